The summed E-state index contributed by atoms with van der Waals surface area (Å²) in [6.07, 6.45) is 68.4. The van der Waals surface area contributed by atoms with Gasteiger partial charge in [-0.05, 0) is 89.9 Å². The van der Waals surface area contributed by atoms with Gasteiger partial charge in [-0.3, -0.25) is 9.59 Å². The monoisotopic (exact) mass is 912 g/mol. The van der Waals surface area contributed by atoms with Gasteiger partial charge >= 0.3 is 5.97 Å². The summed E-state index contributed by atoms with van der Waals surface area (Å²) < 4.78 is 5.46. The summed E-state index contributed by atoms with van der Waals surface area (Å²) in [6.45, 7) is 4.84. The van der Waals surface area contributed by atoms with Gasteiger partial charge in [0, 0.05) is 12.8 Å². The number of rotatable bonds is 52. The van der Waals surface area contributed by atoms with Crippen molar-refractivity contribution in [3.8, 4) is 0 Å². The van der Waals surface area contributed by atoms with Crippen molar-refractivity contribution in [1.29, 1.82) is 0 Å². The number of hydrogen-bond donors (Lipinski definition) is 3. The minimum Gasteiger partial charge on any atom is -0.466 e. The van der Waals surface area contributed by atoms with Crippen LogP contribution in [0.3, 0.4) is 0 Å². The van der Waals surface area contributed by atoms with Crippen molar-refractivity contribution in [2.75, 3.05) is 13.2 Å². The molecule has 0 fully saturated rings. The highest BCUT2D eigenvalue weighted by atomic mass is 16.5. The van der Waals surface area contributed by atoms with Crippen LogP contribution in [0.4, 0.5) is 0 Å². The second-order valence-corrected chi connectivity index (χ2v) is 19.3. The molecule has 0 heterocycles. The summed E-state index contributed by atoms with van der Waals surface area (Å²) >= 11 is 0. The minimum atomic E-state index is -0.859. The fourth-order valence-electron chi connectivity index (χ4n) is 8.44. The van der Waals surface area contributed by atoms with Crippen LogP contribution in [0, 0.1) is 0 Å². The Labute approximate surface area is 404 Å². The fraction of sp³-hybridized carbons (Fsp3) is 0.831. The Bertz CT molecular complexity index is 1100. The Balaban J connectivity index is 3.53. The summed E-state index contributed by atoms with van der Waals surface area (Å²) in [5, 5.41) is 23.0. The number of unbranched alkanes of at least 4 members (excludes halogenated alkanes) is 36. The molecule has 0 aliphatic heterocycles. The van der Waals surface area contributed by atoms with Gasteiger partial charge in [0.2, 0.25) is 5.91 Å². The molecule has 0 radical (unpaired) electrons. The van der Waals surface area contributed by atoms with E-state index in [0.29, 0.717) is 19.4 Å². The van der Waals surface area contributed by atoms with E-state index in [4.69, 9.17) is 4.74 Å². The summed E-state index contributed by atoms with van der Waals surface area (Å²) in [6, 6.07) is -0.645. The zero-order valence-corrected chi connectivity index (χ0v) is 43.2. The van der Waals surface area contributed by atoms with Gasteiger partial charge in [-0.15, -0.1) is 0 Å². The number of nitrogens with one attached hydrogen (secondary N) is 1. The highest BCUT2D eigenvalue weighted by Gasteiger charge is 2.18. The van der Waals surface area contributed by atoms with E-state index < -0.39 is 12.1 Å². The van der Waals surface area contributed by atoms with Gasteiger partial charge in [0.1, 0.15) is 0 Å². The van der Waals surface area contributed by atoms with Crippen LogP contribution in [-0.4, -0.2) is 47.4 Å². The molecule has 0 aliphatic carbocycles. The molecule has 1 amide bonds. The highest BCUT2D eigenvalue weighted by Crippen LogP contribution is 2.15. The third-order valence-electron chi connectivity index (χ3n) is 12.8. The first-order valence-corrected chi connectivity index (χ1v) is 28.4. The maximum atomic E-state index is 12.4. The van der Waals surface area contributed by atoms with Crippen molar-refractivity contribution in [2.24, 2.45) is 0 Å². The second-order valence-electron chi connectivity index (χ2n) is 19.3. The molecule has 0 aromatic carbocycles. The van der Waals surface area contributed by atoms with E-state index in [0.717, 1.165) is 77.0 Å². The largest absolute Gasteiger partial charge is 0.466 e. The van der Waals surface area contributed by atoms with Crippen LogP contribution < -0.4 is 5.32 Å². The highest BCUT2D eigenvalue weighted by molar-refractivity contribution is 5.76. The van der Waals surface area contributed by atoms with Crippen molar-refractivity contribution in [2.45, 2.75) is 302 Å². The maximum absolute atomic E-state index is 12.4. The van der Waals surface area contributed by atoms with Gasteiger partial charge in [-0.1, -0.05) is 236 Å². The number of carbonyl (C=O) groups excluding carboxylic acids is 2. The van der Waals surface area contributed by atoms with Crippen molar-refractivity contribution in [3.63, 3.8) is 0 Å². The van der Waals surface area contributed by atoms with Crippen LogP contribution in [0.15, 0.2) is 48.6 Å². The van der Waals surface area contributed by atoms with E-state index in [2.05, 4.69) is 55.6 Å². The Morgan fingerprint density at radius 3 is 1.18 bits per heavy atom. The molecule has 0 aromatic rings. The first kappa shape index (κ1) is 62.8. The van der Waals surface area contributed by atoms with Gasteiger partial charge < -0.3 is 20.3 Å². The molecule has 0 bridgehead atoms. The topological polar surface area (TPSA) is 95.9 Å². The Hall–Kier alpha value is -2.18. The van der Waals surface area contributed by atoms with Crippen molar-refractivity contribution >= 4 is 11.9 Å². The van der Waals surface area contributed by atoms with Crippen LogP contribution in [0.25, 0.3) is 0 Å². The molecular weight excluding hydrogens is 803 g/mol. The van der Waals surface area contributed by atoms with E-state index in [1.54, 1.807) is 6.08 Å². The van der Waals surface area contributed by atoms with E-state index in [1.807, 2.05) is 6.08 Å². The van der Waals surface area contributed by atoms with E-state index in [9.17, 15) is 19.8 Å². The molecule has 380 valence electrons. The molecule has 3 N–H and O–H groups in total. The van der Waals surface area contributed by atoms with Crippen LogP contribution in [0.1, 0.15) is 290 Å². The van der Waals surface area contributed by atoms with E-state index in [-0.39, 0.29) is 18.5 Å². The molecule has 6 heteroatoms. The van der Waals surface area contributed by atoms with Gasteiger partial charge in [0.05, 0.1) is 25.4 Å². The van der Waals surface area contributed by atoms with Gasteiger partial charge in [0.15, 0.2) is 0 Å². The number of esters is 1. The Kier molecular flexibility index (Phi) is 52.6. The molecule has 65 heavy (non-hydrogen) atoms. The molecule has 0 saturated heterocycles. The predicted molar refractivity (Wildman–Crippen MR) is 282 cm³/mol. The maximum Gasteiger partial charge on any atom is 0.305 e. The zero-order chi connectivity index (χ0) is 47.2. The molecule has 0 aliphatic rings. The molecule has 0 spiro atoms. The minimum absolute atomic E-state index is 0.0238. The lowest BCUT2D eigenvalue weighted by Gasteiger charge is -2.20. The SMILES string of the molecule is CCCCCCCC/C=C\CCCCCCCCCCCC(=O)OCCCCC/C=C\C=C/CCCCCCCCC(=O)NC(CO)C(O)/C=C/CCCCCCCCCCCCCC. The standard InChI is InChI=1S/C59H109NO5/c1-3-5-7-9-11-13-15-17-19-20-21-22-25-29-33-37-41-45-49-53-59(64)65-54-50-46-42-38-34-30-26-23-24-28-32-36-40-44-48-52-58(63)60-56(55-61)57(62)51-47-43-39-35-31-27-18-16-14-12-10-8-6-4-2/h17,19,23,26,30,34,47,51,56-57,61-62H,3-16,18,20-22,24-25,27-29,31-33,35-46,48-50,52-55H2,1-2H3,(H,60,63)/b19-17-,26-23-,34-30-,51-47+. The number of aliphatic hydroxyl groups excluding tert-OH is 2. The molecule has 2 atom stereocenters. The summed E-state index contributed by atoms with van der Waals surface area (Å²) in [5.41, 5.74) is 0. The summed E-state index contributed by atoms with van der Waals surface area (Å²) in [4.78, 5) is 24.5. The molecular formula is C59H109NO5. The first-order chi connectivity index (χ1) is 32.0. The van der Waals surface area contributed by atoms with Crippen LogP contribution in [0.5, 0.6) is 0 Å². The lowest BCUT2D eigenvalue weighted by atomic mass is 10.0. The molecule has 0 saturated carbocycles. The van der Waals surface area contributed by atoms with E-state index in [1.165, 1.54) is 186 Å². The number of aliphatic hydroxyl groups is 2. The number of allylic oxidation sites excluding steroid dienone is 7. The predicted octanol–water partition coefficient (Wildman–Crippen LogP) is 17.4. The van der Waals surface area contributed by atoms with Gasteiger partial charge in [0.25, 0.3) is 0 Å². The normalized spacial score (nSPS) is 13.0. The summed E-state index contributed by atoms with van der Waals surface area (Å²) in [5.74, 6) is -0.115. The lowest BCUT2D eigenvalue weighted by Crippen LogP contribution is -2.45. The lowest BCUT2D eigenvalue weighted by molar-refractivity contribution is -0.143. The zero-order valence-electron chi connectivity index (χ0n) is 43.2. The average molecular weight is 913 g/mol. The number of amides is 1. The van der Waals surface area contributed by atoms with Gasteiger partial charge in [-0.2, -0.15) is 0 Å². The molecule has 2 unspecified atom stereocenters. The second kappa shape index (κ2) is 54.4. The first-order valence-electron chi connectivity index (χ1n) is 28.4. The number of ether oxygens (including phenoxy) is 1. The van der Waals surface area contributed by atoms with Crippen molar-refractivity contribution in [3.05, 3.63) is 48.6 Å². The third kappa shape index (κ3) is 51.1. The van der Waals surface area contributed by atoms with Crippen LogP contribution in [-0.2, 0) is 14.3 Å². The van der Waals surface area contributed by atoms with Crippen molar-refractivity contribution < 1.29 is 24.5 Å². The third-order valence-corrected chi connectivity index (χ3v) is 12.8. The fourth-order valence-corrected chi connectivity index (χ4v) is 8.44. The Morgan fingerprint density at radius 1 is 0.431 bits per heavy atom. The van der Waals surface area contributed by atoms with Crippen LogP contribution in [0.2, 0.25) is 0 Å². The number of carbonyl (C=O) groups is 2. The summed E-state index contributed by atoms with van der Waals surface area (Å²) in [7, 11) is 0. The van der Waals surface area contributed by atoms with Crippen LogP contribution >= 0.6 is 0 Å². The van der Waals surface area contributed by atoms with Crippen molar-refractivity contribution in [1.82, 2.24) is 5.32 Å². The molecule has 0 rings (SSSR count). The molecule has 6 nitrogen and oxygen atoms in total. The average Bonchev–Trinajstić information content (AvgIpc) is 3.31. The smallest absolute Gasteiger partial charge is 0.305 e. The Morgan fingerprint density at radius 2 is 0.769 bits per heavy atom. The van der Waals surface area contributed by atoms with Gasteiger partial charge in [-0.25, -0.2) is 0 Å². The van der Waals surface area contributed by atoms with E-state index >= 15 is 0 Å². The molecule has 0 aromatic heterocycles. The quantitative estimate of drug-likeness (QED) is 0.0245. The number of hydrogen-bond acceptors (Lipinski definition) is 5.